The van der Waals surface area contributed by atoms with E-state index in [9.17, 15) is 14.0 Å². The first-order chi connectivity index (χ1) is 13.5. The monoisotopic (exact) mass is 388 g/mol. The maximum Gasteiger partial charge on any atom is 0.255 e. The number of carbonyl (C=O) groups is 2. The van der Waals surface area contributed by atoms with Crippen molar-refractivity contribution in [2.75, 3.05) is 33.4 Å². The molecule has 7 nitrogen and oxygen atoms in total. The van der Waals surface area contributed by atoms with Gasteiger partial charge >= 0.3 is 0 Å². The molecule has 0 aromatic heterocycles. The van der Waals surface area contributed by atoms with Crippen LogP contribution in [0.3, 0.4) is 0 Å². The lowest BCUT2D eigenvalue weighted by molar-refractivity contribution is -0.119. The van der Waals surface area contributed by atoms with Gasteiger partial charge < -0.3 is 24.8 Å². The van der Waals surface area contributed by atoms with E-state index in [0.29, 0.717) is 42.3 Å². The first kappa shape index (κ1) is 19.6. The van der Waals surface area contributed by atoms with Gasteiger partial charge in [0, 0.05) is 12.1 Å². The van der Waals surface area contributed by atoms with Gasteiger partial charge in [0.1, 0.15) is 11.9 Å². The van der Waals surface area contributed by atoms with Crippen LogP contribution >= 0.6 is 0 Å². The van der Waals surface area contributed by atoms with Gasteiger partial charge in [0.2, 0.25) is 0 Å². The summed E-state index contributed by atoms with van der Waals surface area (Å²) in [7, 11) is 1.44. The number of benzene rings is 2. The van der Waals surface area contributed by atoms with Crippen molar-refractivity contribution in [3.63, 3.8) is 0 Å². The Labute approximate surface area is 161 Å². The molecule has 2 aromatic rings. The zero-order valence-electron chi connectivity index (χ0n) is 15.4. The first-order valence-electron chi connectivity index (χ1n) is 8.73. The lowest BCUT2D eigenvalue weighted by atomic mass is 10.1. The van der Waals surface area contributed by atoms with Gasteiger partial charge in [-0.15, -0.1) is 0 Å². The summed E-state index contributed by atoms with van der Waals surface area (Å²) in [5.41, 5.74) is 6.17. The number of hydrogen-bond donors (Lipinski definition) is 1. The lowest BCUT2D eigenvalue weighted by Gasteiger charge is -2.33. The van der Waals surface area contributed by atoms with Crippen LogP contribution in [-0.4, -0.2) is 50.1 Å². The van der Waals surface area contributed by atoms with Crippen LogP contribution in [0.15, 0.2) is 42.5 Å². The molecular weight excluding hydrogens is 367 g/mol. The Hall–Kier alpha value is -3.13. The van der Waals surface area contributed by atoms with E-state index in [2.05, 4.69) is 0 Å². The fourth-order valence-corrected chi connectivity index (χ4v) is 2.99. The minimum atomic E-state index is -0.612. The third-order valence-corrected chi connectivity index (χ3v) is 4.35. The fraction of sp³-hybridized carbons (Fsp3) is 0.300. The minimum absolute atomic E-state index is 0.204. The number of nitrogens with zero attached hydrogens (tertiary/aromatic N) is 1. The van der Waals surface area contributed by atoms with E-state index in [1.165, 1.54) is 19.2 Å². The number of carbonyl (C=O) groups excluding carboxylic acids is 2. The van der Waals surface area contributed by atoms with Crippen LogP contribution in [0.4, 0.5) is 4.39 Å². The van der Waals surface area contributed by atoms with Gasteiger partial charge in [-0.2, -0.15) is 0 Å². The number of morpholine rings is 1. The number of methoxy groups -OCH3 is 1. The molecule has 8 heteroatoms. The molecule has 1 saturated heterocycles. The molecule has 0 radical (unpaired) electrons. The van der Waals surface area contributed by atoms with Crippen molar-refractivity contribution in [3.8, 4) is 11.5 Å². The minimum Gasteiger partial charge on any atom is -0.493 e. The molecule has 28 heavy (non-hydrogen) atoms. The van der Waals surface area contributed by atoms with Crippen LogP contribution in [0.5, 0.6) is 11.5 Å². The molecule has 2 amide bonds. The van der Waals surface area contributed by atoms with Crippen LogP contribution in [0.1, 0.15) is 22.0 Å². The standard InChI is InChI=1S/C20H21FN2O5/c1-26-17-10-14(5-6-16(17)28-12-19(22)24)20(25)23-7-8-27-18(11-23)13-3-2-4-15(21)9-13/h2-6,9-10,18H,7-8,11-12H2,1H3,(H2,22,24). The number of rotatable bonds is 6. The number of nitrogens with two attached hydrogens (primary N) is 1. The van der Waals surface area contributed by atoms with Crippen LogP contribution in [-0.2, 0) is 9.53 Å². The van der Waals surface area contributed by atoms with Gasteiger partial charge in [0.05, 0.1) is 20.3 Å². The zero-order chi connectivity index (χ0) is 20.1. The van der Waals surface area contributed by atoms with Crippen LogP contribution in [0.25, 0.3) is 0 Å². The molecule has 0 spiro atoms. The van der Waals surface area contributed by atoms with Crippen molar-refractivity contribution in [1.29, 1.82) is 0 Å². The van der Waals surface area contributed by atoms with Crippen molar-refractivity contribution in [2.45, 2.75) is 6.10 Å². The van der Waals surface area contributed by atoms with E-state index in [1.54, 1.807) is 35.2 Å². The summed E-state index contributed by atoms with van der Waals surface area (Å²) in [6.07, 6.45) is -0.395. The molecule has 0 bridgehead atoms. The Morgan fingerprint density at radius 3 is 2.79 bits per heavy atom. The smallest absolute Gasteiger partial charge is 0.255 e. The molecular formula is C20H21FN2O5. The van der Waals surface area contributed by atoms with Gasteiger partial charge in [-0.3, -0.25) is 9.59 Å². The predicted octanol–water partition coefficient (Wildman–Crippen LogP) is 1.91. The normalized spacial score (nSPS) is 16.5. The number of amides is 2. The van der Waals surface area contributed by atoms with Gasteiger partial charge in [-0.05, 0) is 35.9 Å². The summed E-state index contributed by atoms with van der Waals surface area (Å²) in [6.45, 7) is 0.795. The van der Waals surface area contributed by atoms with Gasteiger partial charge in [0.25, 0.3) is 11.8 Å². The molecule has 1 fully saturated rings. The first-order valence-corrected chi connectivity index (χ1v) is 8.73. The highest BCUT2D eigenvalue weighted by Gasteiger charge is 2.27. The van der Waals surface area contributed by atoms with Gasteiger partial charge in [-0.1, -0.05) is 12.1 Å². The van der Waals surface area contributed by atoms with Crippen LogP contribution in [0, 0.1) is 5.82 Å². The van der Waals surface area contributed by atoms with E-state index >= 15 is 0 Å². The zero-order valence-corrected chi connectivity index (χ0v) is 15.4. The summed E-state index contributed by atoms with van der Waals surface area (Å²) in [5, 5.41) is 0. The average molecular weight is 388 g/mol. The Bertz CT molecular complexity index is 873. The van der Waals surface area contributed by atoms with Gasteiger partial charge in [0.15, 0.2) is 18.1 Å². The lowest BCUT2D eigenvalue weighted by Crippen LogP contribution is -2.42. The van der Waals surface area contributed by atoms with Crippen molar-refractivity contribution >= 4 is 11.8 Å². The molecule has 1 atom stereocenters. The number of hydrogen-bond acceptors (Lipinski definition) is 5. The Kier molecular flexibility index (Phi) is 6.10. The SMILES string of the molecule is COc1cc(C(=O)N2CCOC(c3cccc(F)c3)C2)ccc1OCC(N)=O. The number of halogens is 1. The second kappa shape index (κ2) is 8.71. The van der Waals surface area contributed by atoms with Crippen LogP contribution in [0.2, 0.25) is 0 Å². The summed E-state index contributed by atoms with van der Waals surface area (Å²) in [6, 6.07) is 10.9. The molecule has 0 aliphatic carbocycles. The summed E-state index contributed by atoms with van der Waals surface area (Å²) in [4.78, 5) is 25.4. The summed E-state index contributed by atoms with van der Waals surface area (Å²) >= 11 is 0. The van der Waals surface area contributed by atoms with Crippen LogP contribution < -0.4 is 15.2 Å². The molecule has 0 saturated carbocycles. The van der Waals surface area contributed by atoms with Crippen molar-refractivity contribution in [3.05, 3.63) is 59.4 Å². The second-order valence-electron chi connectivity index (χ2n) is 6.29. The Morgan fingerprint density at radius 1 is 1.25 bits per heavy atom. The summed E-state index contributed by atoms with van der Waals surface area (Å²) < 4.78 is 29.7. The maximum absolute atomic E-state index is 13.5. The highest BCUT2D eigenvalue weighted by atomic mass is 19.1. The second-order valence-corrected chi connectivity index (χ2v) is 6.29. The average Bonchev–Trinajstić information content (AvgIpc) is 2.71. The third-order valence-electron chi connectivity index (χ3n) is 4.35. The number of primary amides is 1. The quantitative estimate of drug-likeness (QED) is 0.816. The van der Waals surface area contributed by atoms with E-state index < -0.39 is 12.0 Å². The van der Waals surface area contributed by atoms with Crippen molar-refractivity contribution < 1.29 is 28.2 Å². The molecule has 1 aliphatic heterocycles. The van der Waals surface area contributed by atoms with E-state index in [4.69, 9.17) is 19.9 Å². The largest absolute Gasteiger partial charge is 0.493 e. The van der Waals surface area contributed by atoms with E-state index in [-0.39, 0.29) is 18.3 Å². The van der Waals surface area contributed by atoms with Crippen molar-refractivity contribution in [2.24, 2.45) is 5.73 Å². The molecule has 3 rings (SSSR count). The summed E-state index contributed by atoms with van der Waals surface area (Å²) in [5.74, 6) is -0.524. The molecule has 1 unspecified atom stereocenters. The van der Waals surface area contributed by atoms with E-state index in [1.807, 2.05) is 0 Å². The molecule has 2 N–H and O–H groups in total. The maximum atomic E-state index is 13.5. The molecule has 1 heterocycles. The topological polar surface area (TPSA) is 91.1 Å². The Morgan fingerprint density at radius 2 is 2.07 bits per heavy atom. The third kappa shape index (κ3) is 4.58. The number of ether oxygens (including phenoxy) is 3. The fourth-order valence-electron chi connectivity index (χ4n) is 2.99. The molecule has 148 valence electrons. The van der Waals surface area contributed by atoms with Crippen molar-refractivity contribution in [1.82, 2.24) is 4.90 Å². The van der Waals surface area contributed by atoms with Gasteiger partial charge in [-0.25, -0.2) is 4.39 Å². The molecule has 2 aromatic carbocycles. The predicted molar refractivity (Wildman–Crippen MR) is 98.7 cm³/mol. The highest BCUT2D eigenvalue weighted by molar-refractivity contribution is 5.95. The van der Waals surface area contributed by atoms with E-state index in [0.717, 1.165) is 0 Å². The Balaban J connectivity index is 1.74. The molecule has 1 aliphatic rings. The highest BCUT2D eigenvalue weighted by Crippen LogP contribution is 2.30.